The number of carbonyl (C=O) groups is 2. The van der Waals surface area contributed by atoms with Crippen molar-refractivity contribution in [2.45, 2.75) is 40.2 Å². The molecule has 7 nitrogen and oxygen atoms in total. The maximum atomic E-state index is 12.1. The van der Waals surface area contributed by atoms with E-state index in [-0.39, 0.29) is 25.9 Å². The smallest absolute Gasteiger partial charge is 0.408 e. The third kappa shape index (κ3) is 9.07. The van der Waals surface area contributed by atoms with Gasteiger partial charge in [0.1, 0.15) is 11.8 Å². The number of nitrogens with one attached hydrogen (secondary N) is 1. The van der Waals surface area contributed by atoms with E-state index < -0.39 is 25.1 Å². The molecule has 0 rings (SSSR count). The Balaban J connectivity index is 4.28. The standard InChI is InChI=1S/C12H24NO6P/c1-6-17-20(16,18-7-2)9-10(14)8-13-11(15)19-12(3,4)5/h6-9H2,1-5H3,(H,13,15). The highest BCUT2D eigenvalue weighted by Crippen LogP contribution is 2.47. The van der Waals surface area contributed by atoms with Crippen LogP contribution in [0.4, 0.5) is 4.79 Å². The molecule has 0 aromatic carbocycles. The molecule has 1 N–H and O–H groups in total. The second-order valence-corrected chi connectivity index (χ2v) is 7.05. The number of hydrogen-bond acceptors (Lipinski definition) is 6. The minimum atomic E-state index is -3.42. The van der Waals surface area contributed by atoms with Crippen LogP contribution in [-0.4, -0.2) is 43.4 Å². The van der Waals surface area contributed by atoms with Crippen LogP contribution in [0.2, 0.25) is 0 Å². The van der Waals surface area contributed by atoms with E-state index in [1.54, 1.807) is 34.6 Å². The van der Waals surface area contributed by atoms with Crippen molar-refractivity contribution in [2.24, 2.45) is 0 Å². The molecular formula is C12H24NO6P. The average Bonchev–Trinajstić information content (AvgIpc) is 2.24. The monoisotopic (exact) mass is 309 g/mol. The van der Waals surface area contributed by atoms with Gasteiger partial charge in [-0.05, 0) is 34.6 Å². The predicted octanol–water partition coefficient (Wildman–Crippen LogP) is 2.35. The maximum Gasteiger partial charge on any atom is 0.408 e. The molecule has 0 spiro atoms. The third-order valence-corrected chi connectivity index (χ3v) is 3.89. The van der Waals surface area contributed by atoms with Crippen LogP contribution in [0.3, 0.4) is 0 Å². The Morgan fingerprint density at radius 3 is 2.00 bits per heavy atom. The first-order valence-electron chi connectivity index (χ1n) is 6.48. The number of amides is 1. The maximum absolute atomic E-state index is 12.1. The van der Waals surface area contributed by atoms with Crippen LogP contribution in [0.1, 0.15) is 34.6 Å². The second kappa shape index (κ2) is 8.39. The number of carbonyl (C=O) groups excluding carboxylic acids is 2. The Morgan fingerprint density at radius 1 is 1.10 bits per heavy atom. The van der Waals surface area contributed by atoms with Gasteiger partial charge in [-0.1, -0.05) is 0 Å². The number of hydrogen-bond donors (Lipinski definition) is 1. The Kier molecular flexibility index (Phi) is 8.01. The summed E-state index contributed by atoms with van der Waals surface area (Å²) in [7, 11) is -3.42. The molecule has 0 heterocycles. The Morgan fingerprint density at radius 2 is 1.60 bits per heavy atom. The van der Waals surface area contributed by atoms with Gasteiger partial charge < -0.3 is 19.1 Å². The van der Waals surface area contributed by atoms with Gasteiger partial charge >= 0.3 is 13.7 Å². The van der Waals surface area contributed by atoms with Crippen LogP contribution in [-0.2, 0) is 23.1 Å². The van der Waals surface area contributed by atoms with Crippen molar-refractivity contribution in [1.29, 1.82) is 0 Å². The Bertz CT molecular complexity index is 367. The van der Waals surface area contributed by atoms with E-state index in [1.165, 1.54) is 0 Å². The molecule has 0 fully saturated rings. The van der Waals surface area contributed by atoms with Crippen molar-refractivity contribution in [1.82, 2.24) is 5.32 Å². The summed E-state index contributed by atoms with van der Waals surface area (Å²) >= 11 is 0. The number of alkyl carbamates (subject to hydrolysis) is 1. The lowest BCUT2D eigenvalue weighted by Crippen LogP contribution is -2.36. The third-order valence-electron chi connectivity index (χ3n) is 1.85. The number of ether oxygens (including phenoxy) is 1. The molecule has 0 aliphatic heterocycles. The topological polar surface area (TPSA) is 90.9 Å². The summed E-state index contributed by atoms with van der Waals surface area (Å²) in [6.45, 7) is 8.56. The molecule has 0 aromatic heterocycles. The van der Waals surface area contributed by atoms with Crippen molar-refractivity contribution >= 4 is 19.5 Å². The van der Waals surface area contributed by atoms with Crippen LogP contribution in [0, 0.1) is 0 Å². The largest absolute Gasteiger partial charge is 0.444 e. The molecule has 0 unspecified atom stereocenters. The highest BCUT2D eigenvalue weighted by atomic mass is 31.2. The summed E-state index contributed by atoms with van der Waals surface area (Å²) in [4.78, 5) is 23.0. The summed E-state index contributed by atoms with van der Waals surface area (Å²) in [6, 6.07) is 0. The fraction of sp³-hybridized carbons (Fsp3) is 0.833. The minimum Gasteiger partial charge on any atom is -0.444 e. The van der Waals surface area contributed by atoms with Gasteiger partial charge in [-0.25, -0.2) is 4.79 Å². The quantitative estimate of drug-likeness (QED) is 0.692. The van der Waals surface area contributed by atoms with Gasteiger partial charge in [0.25, 0.3) is 0 Å². The van der Waals surface area contributed by atoms with Gasteiger partial charge in [0.05, 0.1) is 19.8 Å². The zero-order valence-electron chi connectivity index (χ0n) is 12.7. The van der Waals surface area contributed by atoms with Crippen molar-refractivity contribution in [3.05, 3.63) is 0 Å². The van der Waals surface area contributed by atoms with Gasteiger partial charge in [-0.2, -0.15) is 0 Å². The van der Waals surface area contributed by atoms with E-state index >= 15 is 0 Å². The van der Waals surface area contributed by atoms with E-state index in [9.17, 15) is 14.2 Å². The predicted molar refractivity (Wildman–Crippen MR) is 75.0 cm³/mol. The summed E-state index contributed by atoms with van der Waals surface area (Å²) in [5, 5.41) is 2.30. The van der Waals surface area contributed by atoms with E-state index in [4.69, 9.17) is 13.8 Å². The molecular weight excluding hydrogens is 285 g/mol. The average molecular weight is 309 g/mol. The summed E-state index contributed by atoms with van der Waals surface area (Å²) < 4.78 is 27.1. The molecule has 0 radical (unpaired) electrons. The van der Waals surface area contributed by atoms with Crippen molar-refractivity contribution in [3.63, 3.8) is 0 Å². The van der Waals surface area contributed by atoms with Crippen molar-refractivity contribution in [2.75, 3.05) is 25.9 Å². The fourth-order valence-electron chi connectivity index (χ4n) is 1.28. The molecule has 0 saturated heterocycles. The highest BCUT2D eigenvalue weighted by molar-refractivity contribution is 7.54. The summed E-state index contributed by atoms with van der Waals surface area (Å²) in [6.07, 6.45) is -1.07. The van der Waals surface area contributed by atoms with Gasteiger partial charge in [0.2, 0.25) is 0 Å². The van der Waals surface area contributed by atoms with Crippen LogP contribution in [0.15, 0.2) is 0 Å². The van der Waals surface area contributed by atoms with Crippen molar-refractivity contribution in [3.8, 4) is 0 Å². The van der Waals surface area contributed by atoms with E-state index in [2.05, 4.69) is 5.32 Å². The van der Waals surface area contributed by atoms with Crippen LogP contribution in [0.5, 0.6) is 0 Å². The van der Waals surface area contributed by atoms with Gasteiger partial charge in [-0.15, -0.1) is 0 Å². The number of ketones is 1. The van der Waals surface area contributed by atoms with Gasteiger partial charge in [0, 0.05) is 0 Å². The molecule has 0 bridgehead atoms. The molecule has 118 valence electrons. The van der Waals surface area contributed by atoms with Gasteiger partial charge in [0.15, 0.2) is 5.78 Å². The number of rotatable bonds is 8. The van der Waals surface area contributed by atoms with Gasteiger partial charge in [-0.3, -0.25) is 9.36 Å². The molecule has 0 aromatic rings. The second-order valence-electron chi connectivity index (χ2n) is 5.00. The van der Waals surface area contributed by atoms with Crippen LogP contribution < -0.4 is 5.32 Å². The molecule has 0 atom stereocenters. The Labute approximate surface area is 119 Å². The molecule has 0 aliphatic carbocycles. The lowest BCUT2D eigenvalue weighted by atomic mass is 10.2. The SMILES string of the molecule is CCOP(=O)(CC(=O)CNC(=O)OC(C)(C)C)OCC. The first-order valence-corrected chi connectivity index (χ1v) is 8.21. The van der Waals surface area contributed by atoms with Crippen LogP contribution >= 0.6 is 7.60 Å². The molecule has 1 amide bonds. The van der Waals surface area contributed by atoms with E-state index in [1.807, 2.05) is 0 Å². The normalized spacial score (nSPS) is 12.1. The summed E-state index contributed by atoms with van der Waals surface area (Å²) in [5.74, 6) is -0.443. The van der Waals surface area contributed by atoms with E-state index in [0.717, 1.165) is 0 Å². The molecule has 20 heavy (non-hydrogen) atoms. The lowest BCUT2D eigenvalue weighted by Gasteiger charge is -2.20. The molecule has 8 heteroatoms. The summed E-state index contributed by atoms with van der Waals surface area (Å²) in [5.41, 5.74) is -0.640. The fourth-order valence-corrected chi connectivity index (χ4v) is 2.87. The number of Topliss-reactive ketones (excluding diaryl/α,β-unsaturated/α-hetero) is 1. The first-order chi connectivity index (χ1) is 9.12. The highest BCUT2D eigenvalue weighted by Gasteiger charge is 2.27. The molecule has 0 aliphatic rings. The first kappa shape index (κ1) is 19.1. The molecule has 0 saturated carbocycles. The van der Waals surface area contributed by atoms with Crippen molar-refractivity contribution < 1.29 is 27.9 Å². The Hall–Kier alpha value is -0.910. The zero-order chi connectivity index (χ0) is 15.8. The van der Waals surface area contributed by atoms with Crippen LogP contribution in [0.25, 0.3) is 0 Å². The van der Waals surface area contributed by atoms with E-state index in [0.29, 0.717) is 0 Å². The lowest BCUT2D eigenvalue weighted by molar-refractivity contribution is -0.116. The minimum absolute atomic E-state index is 0.185. The zero-order valence-corrected chi connectivity index (χ0v) is 13.6.